The van der Waals surface area contributed by atoms with Crippen LogP contribution in [0.5, 0.6) is 5.75 Å². The number of methoxy groups -OCH3 is 1. The third kappa shape index (κ3) is 3.11. The smallest absolute Gasteiger partial charge is 0.123 e. The molecule has 96 valence electrons. The Morgan fingerprint density at radius 2 is 2.28 bits per heavy atom. The minimum absolute atomic E-state index is 0.781. The Kier molecular flexibility index (Phi) is 4.36. The van der Waals surface area contributed by atoms with E-state index in [9.17, 15) is 0 Å². The van der Waals surface area contributed by atoms with Crippen LogP contribution in [0.15, 0.2) is 36.9 Å². The molecule has 0 saturated carbocycles. The molecule has 0 fully saturated rings. The minimum atomic E-state index is 0.781. The fourth-order valence-electron chi connectivity index (χ4n) is 1.91. The van der Waals surface area contributed by atoms with E-state index in [0.717, 1.165) is 25.4 Å². The number of aromatic nitrogens is 2. The minimum Gasteiger partial charge on any atom is -0.496 e. The summed E-state index contributed by atoms with van der Waals surface area (Å²) in [7, 11) is 1.71. The molecule has 0 spiro atoms. The SMILES string of the molecule is CCNCc1ccc(OC)c(Cn2ccnc2)c1. The molecule has 0 aliphatic carbocycles. The van der Waals surface area contributed by atoms with Crippen LogP contribution in [0.3, 0.4) is 0 Å². The second-order valence-corrected chi connectivity index (χ2v) is 4.16. The van der Waals surface area contributed by atoms with Crippen molar-refractivity contribution in [3.63, 3.8) is 0 Å². The molecular formula is C14H19N3O. The summed E-state index contributed by atoms with van der Waals surface area (Å²) < 4.78 is 7.44. The maximum atomic E-state index is 5.40. The van der Waals surface area contributed by atoms with Gasteiger partial charge < -0.3 is 14.6 Å². The molecule has 4 heteroatoms. The van der Waals surface area contributed by atoms with Crippen LogP contribution in [-0.4, -0.2) is 23.2 Å². The largest absolute Gasteiger partial charge is 0.496 e. The summed E-state index contributed by atoms with van der Waals surface area (Å²) in [5, 5.41) is 3.33. The van der Waals surface area contributed by atoms with E-state index in [-0.39, 0.29) is 0 Å². The van der Waals surface area contributed by atoms with Crippen LogP contribution < -0.4 is 10.1 Å². The first-order valence-electron chi connectivity index (χ1n) is 6.15. The molecule has 0 aliphatic heterocycles. The monoisotopic (exact) mass is 245 g/mol. The van der Waals surface area contributed by atoms with E-state index in [2.05, 4.69) is 29.4 Å². The van der Waals surface area contributed by atoms with Crippen LogP contribution in [0.2, 0.25) is 0 Å². The molecule has 4 nitrogen and oxygen atoms in total. The molecule has 0 amide bonds. The second-order valence-electron chi connectivity index (χ2n) is 4.16. The van der Waals surface area contributed by atoms with Gasteiger partial charge in [0.05, 0.1) is 20.0 Å². The Labute approximate surface area is 108 Å². The average molecular weight is 245 g/mol. The maximum absolute atomic E-state index is 5.40. The lowest BCUT2D eigenvalue weighted by atomic mass is 10.1. The highest BCUT2D eigenvalue weighted by Gasteiger charge is 2.05. The molecular weight excluding hydrogens is 226 g/mol. The number of ether oxygens (including phenoxy) is 1. The number of hydrogen-bond acceptors (Lipinski definition) is 3. The van der Waals surface area contributed by atoms with Gasteiger partial charge in [-0.15, -0.1) is 0 Å². The van der Waals surface area contributed by atoms with Crippen molar-refractivity contribution in [3.8, 4) is 5.75 Å². The highest BCUT2D eigenvalue weighted by molar-refractivity contribution is 5.37. The molecule has 0 radical (unpaired) electrons. The molecule has 0 atom stereocenters. The van der Waals surface area contributed by atoms with Gasteiger partial charge in [-0.05, 0) is 24.2 Å². The first kappa shape index (κ1) is 12.6. The van der Waals surface area contributed by atoms with Crippen molar-refractivity contribution in [1.29, 1.82) is 0 Å². The van der Waals surface area contributed by atoms with Gasteiger partial charge in [-0.25, -0.2) is 4.98 Å². The van der Waals surface area contributed by atoms with Crippen molar-refractivity contribution in [2.75, 3.05) is 13.7 Å². The number of hydrogen-bond donors (Lipinski definition) is 1. The molecule has 18 heavy (non-hydrogen) atoms. The second kappa shape index (κ2) is 6.21. The summed E-state index contributed by atoms with van der Waals surface area (Å²) >= 11 is 0. The molecule has 0 bridgehead atoms. The number of nitrogens with zero attached hydrogens (tertiary/aromatic N) is 2. The molecule has 0 saturated heterocycles. The fourth-order valence-corrected chi connectivity index (χ4v) is 1.91. The Morgan fingerprint density at radius 1 is 1.39 bits per heavy atom. The zero-order valence-electron chi connectivity index (χ0n) is 10.9. The summed E-state index contributed by atoms with van der Waals surface area (Å²) in [6.45, 7) is 4.75. The lowest BCUT2D eigenvalue weighted by molar-refractivity contribution is 0.408. The normalized spacial score (nSPS) is 10.6. The first-order valence-corrected chi connectivity index (χ1v) is 6.15. The van der Waals surface area contributed by atoms with E-state index >= 15 is 0 Å². The average Bonchev–Trinajstić information content (AvgIpc) is 2.89. The van der Waals surface area contributed by atoms with Gasteiger partial charge >= 0.3 is 0 Å². The Hall–Kier alpha value is -1.81. The van der Waals surface area contributed by atoms with Crippen LogP contribution in [0.4, 0.5) is 0 Å². The Balaban J connectivity index is 2.19. The van der Waals surface area contributed by atoms with Gasteiger partial charge in [0.25, 0.3) is 0 Å². The summed E-state index contributed by atoms with van der Waals surface area (Å²) in [6, 6.07) is 6.30. The molecule has 0 unspecified atom stereocenters. The topological polar surface area (TPSA) is 39.1 Å². The quantitative estimate of drug-likeness (QED) is 0.846. The van der Waals surface area contributed by atoms with Crippen molar-refractivity contribution >= 4 is 0 Å². The van der Waals surface area contributed by atoms with Crippen molar-refractivity contribution in [3.05, 3.63) is 48.0 Å². The molecule has 1 heterocycles. The summed E-state index contributed by atoms with van der Waals surface area (Å²) in [5.41, 5.74) is 2.44. The van der Waals surface area contributed by atoms with E-state index in [0.29, 0.717) is 0 Å². The number of nitrogens with one attached hydrogen (secondary N) is 1. The lowest BCUT2D eigenvalue weighted by Crippen LogP contribution is -2.12. The molecule has 2 rings (SSSR count). The van der Waals surface area contributed by atoms with E-state index in [1.807, 2.05) is 23.2 Å². The highest BCUT2D eigenvalue weighted by Crippen LogP contribution is 2.21. The first-order chi connectivity index (χ1) is 8.83. The zero-order valence-corrected chi connectivity index (χ0v) is 10.9. The summed E-state index contributed by atoms with van der Waals surface area (Å²) in [4.78, 5) is 4.06. The van der Waals surface area contributed by atoms with Crippen molar-refractivity contribution < 1.29 is 4.74 Å². The number of benzene rings is 1. The summed E-state index contributed by atoms with van der Waals surface area (Å²) in [6.07, 6.45) is 5.56. The molecule has 1 aromatic heterocycles. The third-order valence-electron chi connectivity index (χ3n) is 2.84. The lowest BCUT2D eigenvalue weighted by Gasteiger charge is -2.11. The molecule has 0 aliphatic rings. The summed E-state index contributed by atoms with van der Waals surface area (Å²) in [5.74, 6) is 0.920. The van der Waals surface area contributed by atoms with E-state index in [1.54, 1.807) is 13.3 Å². The van der Waals surface area contributed by atoms with Gasteiger partial charge in [-0.3, -0.25) is 0 Å². The van der Waals surface area contributed by atoms with Gasteiger partial charge in [0.2, 0.25) is 0 Å². The van der Waals surface area contributed by atoms with Gasteiger partial charge in [0, 0.05) is 24.5 Å². The van der Waals surface area contributed by atoms with Crippen LogP contribution >= 0.6 is 0 Å². The Bertz CT molecular complexity index is 480. The Morgan fingerprint density at radius 3 is 2.94 bits per heavy atom. The molecule has 2 aromatic rings. The van der Waals surface area contributed by atoms with Crippen LogP contribution in [0, 0.1) is 0 Å². The van der Waals surface area contributed by atoms with Gasteiger partial charge in [0.15, 0.2) is 0 Å². The van der Waals surface area contributed by atoms with Gasteiger partial charge in [-0.1, -0.05) is 13.0 Å². The maximum Gasteiger partial charge on any atom is 0.123 e. The van der Waals surface area contributed by atoms with Gasteiger partial charge in [0.1, 0.15) is 5.75 Å². The van der Waals surface area contributed by atoms with Crippen molar-refractivity contribution in [2.24, 2.45) is 0 Å². The third-order valence-corrected chi connectivity index (χ3v) is 2.84. The van der Waals surface area contributed by atoms with Crippen LogP contribution in [0.1, 0.15) is 18.1 Å². The van der Waals surface area contributed by atoms with Crippen molar-refractivity contribution in [2.45, 2.75) is 20.0 Å². The van der Waals surface area contributed by atoms with Crippen LogP contribution in [0.25, 0.3) is 0 Å². The predicted molar refractivity (Wildman–Crippen MR) is 71.7 cm³/mol. The highest BCUT2D eigenvalue weighted by atomic mass is 16.5. The van der Waals surface area contributed by atoms with E-state index < -0.39 is 0 Å². The van der Waals surface area contributed by atoms with Gasteiger partial charge in [-0.2, -0.15) is 0 Å². The van der Waals surface area contributed by atoms with E-state index in [4.69, 9.17) is 4.74 Å². The molecule has 1 N–H and O–H groups in total. The van der Waals surface area contributed by atoms with E-state index in [1.165, 1.54) is 11.1 Å². The van der Waals surface area contributed by atoms with Crippen molar-refractivity contribution in [1.82, 2.24) is 14.9 Å². The zero-order chi connectivity index (χ0) is 12.8. The fraction of sp³-hybridized carbons (Fsp3) is 0.357. The predicted octanol–water partition coefficient (Wildman–Crippen LogP) is 2.05. The standard InChI is InChI=1S/C14H19N3O/c1-3-15-9-12-4-5-14(18-2)13(8-12)10-17-7-6-16-11-17/h4-8,11,15H,3,9-10H2,1-2H3. The molecule has 1 aromatic carbocycles. The number of rotatable bonds is 6. The van der Waals surface area contributed by atoms with Crippen LogP contribution in [-0.2, 0) is 13.1 Å². The number of imidazole rings is 1.